The van der Waals surface area contributed by atoms with Gasteiger partial charge >= 0.3 is 0 Å². The number of amides is 2. The van der Waals surface area contributed by atoms with Crippen molar-refractivity contribution in [3.63, 3.8) is 0 Å². The topological polar surface area (TPSA) is 89.0 Å². The second-order valence-corrected chi connectivity index (χ2v) is 6.74. The highest BCUT2D eigenvalue weighted by atomic mass is 16.6. The Morgan fingerprint density at radius 3 is 2.52 bits per heavy atom. The molecular weight excluding hydrogens is 370 g/mol. The van der Waals surface area contributed by atoms with Crippen LogP contribution < -0.4 is 10.6 Å². The molecule has 0 spiro atoms. The first kappa shape index (κ1) is 20.5. The van der Waals surface area contributed by atoms with E-state index in [1.54, 1.807) is 7.11 Å². The molecule has 2 N–H and O–H groups in total. The van der Waals surface area contributed by atoms with Crippen molar-refractivity contribution in [1.29, 1.82) is 0 Å². The molecule has 0 fully saturated rings. The molecule has 0 saturated carbocycles. The van der Waals surface area contributed by atoms with Crippen LogP contribution in [-0.4, -0.2) is 49.9 Å². The molecule has 0 aromatic heterocycles. The van der Waals surface area contributed by atoms with Gasteiger partial charge in [-0.1, -0.05) is 65.8 Å². The van der Waals surface area contributed by atoms with Crippen LogP contribution in [0.3, 0.4) is 0 Å². The predicted molar refractivity (Wildman–Crippen MR) is 109 cm³/mol. The molecule has 0 radical (unpaired) electrons. The van der Waals surface area contributed by atoms with Gasteiger partial charge in [-0.05, 0) is 11.1 Å². The maximum Gasteiger partial charge on any atom is 0.265 e. The molecule has 7 heteroatoms. The third-order valence-corrected chi connectivity index (χ3v) is 4.59. The standard InChI is InChI=1S/C22H25N3O4/c1-28-13-12-23-21(26)19(14-16-8-4-2-5-9-16)24-22(27)20-15-18(25-29-20)17-10-6-3-7-11-17/h2-11,19-20H,12-15H2,1H3,(H,23,26)(H,24,27)/t19-,20-/m1/s1. The number of nitrogens with zero attached hydrogens (tertiary/aromatic N) is 1. The average Bonchev–Trinajstić information content (AvgIpc) is 3.25. The Morgan fingerprint density at radius 2 is 1.83 bits per heavy atom. The van der Waals surface area contributed by atoms with Crippen LogP contribution in [0.2, 0.25) is 0 Å². The largest absolute Gasteiger partial charge is 0.383 e. The molecule has 2 amide bonds. The minimum atomic E-state index is -0.754. The van der Waals surface area contributed by atoms with Crippen molar-refractivity contribution in [3.8, 4) is 0 Å². The lowest BCUT2D eigenvalue weighted by Crippen LogP contribution is -2.51. The number of methoxy groups -OCH3 is 1. The number of oxime groups is 1. The normalized spacial score (nSPS) is 16.4. The molecule has 1 aliphatic heterocycles. The van der Waals surface area contributed by atoms with Crippen LogP contribution in [0.5, 0.6) is 0 Å². The van der Waals surface area contributed by atoms with Crippen LogP contribution in [0, 0.1) is 0 Å². The number of benzene rings is 2. The smallest absolute Gasteiger partial charge is 0.265 e. The van der Waals surface area contributed by atoms with Gasteiger partial charge in [-0.15, -0.1) is 0 Å². The van der Waals surface area contributed by atoms with Crippen molar-refractivity contribution >= 4 is 17.5 Å². The molecule has 1 aliphatic rings. The second-order valence-electron chi connectivity index (χ2n) is 6.74. The Balaban J connectivity index is 1.62. The summed E-state index contributed by atoms with van der Waals surface area (Å²) in [6, 6.07) is 18.4. The van der Waals surface area contributed by atoms with Gasteiger partial charge in [0.1, 0.15) is 6.04 Å². The molecular formula is C22H25N3O4. The third-order valence-electron chi connectivity index (χ3n) is 4.59. The number of carbonyl (C=O) groups is 2. The van der Waals surface area contributed by atoms with Crippen LogP contribution in [-0.2, 0) is 25.6 Å². The first-order valence-corrected chi connectivity index (χ1v) is 9.56. The molecule has 1 heterocycles. The summed E-state index contributed by atoms with van der Waals surface area (Å²) < 4.78 is 4.97. The third kappa shape index (κ3) is 5.89. The first-order valence-electron chi connectivity index (χ1n) is 9.56. The van der Waals surface area contributed by atoms with Gasteiger partial charge in [0.25, 0.3) is 5.91 Å². The van der Waals surface area contributed by atoms with E-state index >= 15 is 0 Å². The van der Waals surface area contributed by atoms with Gasteiger partial charge in [0.15, 0.2) is 0 Å². The molecule has 0 bridgehead atoms. The van der Waals surface area contributed by atoms with E-state index < -0.39 is 12.1 Å². The Kier molecular flexibility index (Phi) is 7.35. The zero-order chi connectivity index (χ0) is 20.5. The zero-order valence-electron chi connectivity index (χ0n) is 16.3. The fourth-order valence-electron chi connectivity index (χ4n) is 3.04. The number of hydrogen-bond acceptors (Lipinski definition) is 5. The number of ether oxygens (including phenoxy) is 1. The molecule has 2 atom stereocenters. The summed E-state index contributed by atoms with van der Waals surface area (Å²) in [5.41, 5.74) is 2.59. The van der Waals surface area contributed by atoms with Crippen LogP contribution >= 0.6 is 0 Å². The monoisotopic (exact) mass is 395 g/mol. The Hall–Kier alpha value is -3.19. The van der Waals surface area contributed by atoms with E-state index in [1.165, 1.54) is 0 Å². The number of carbonyl (C=O) groups excluding carboxylic acids is 2. The van der Waals surface area contributed by atoms with Gasteiger partial charge in [0, 0.05) is 26.5 Å². The van der Waals surface area contributed by atoms with Crippen LogP contribution in [0.25, 0.3) is 0 Å². The van der Waals surface area contributed by atoms with Gasteiger partial charge in [-0.2, -0.15) is 0 Å². The van der Waals surface area contributed by atoms with Crippen molar-refractivity contribution in [2.75, 3.05) is 20.3 Å². The van der Waals surface area contributed by atoms with E-state index in [9.17, 15) is 9.59 Å². The van der Waals surface area contributed by atoms with Crippen molar-refractivity contribution in [2.24, 2.45) is 5.16 Å². The summed E-state index contributed by atoms with van der Waals surface area (Å²) in [4.78, 5) is 30.7. The van der Waals surface area contributed by atoms with Crippen molar-refractivity contribution in [3.05, 3.63) is 71.8 Å². The highest BCUT2D eigenvalue weighted by molar-refractivity contribution is 6.04. The quantitative estimate of drug-likeness (QED) is 0.632. The van der Waals surface area contributed by atoms with E-state index in [1.807, 2.05) is 60.7 Å². The maximum absolute atomic E-state index is 12.7. The lowest BCUT2D eigenvalue weighted by atomic mass is 10.0. The maximum atomic E-state index is 12.7. The molecule has 0 aliphatic carbocycles. The molecule has 2 aromatic rings. The van der Waals surface area contributed by atoms with Crippen molar-refractivity contribution in [2.45, 2.75) is 25.0 Å². The second kappa shape index (κ2) is 10.4. The van der Waals surface area contributed by atoms with Gasteiger partial charge < -0.3 is 20.2 Å². The van der Waals surface area contributed by atoms with Gasteiger partial charge in [0.2, 0.25) is 12.0 Å². The fourth-order valence-corrected chi connectivity index (χ4v) is 3.04. The SMILES string of the molecule is COCCNC(=O)[C@@H](Cc1ccccc1)NC(=O)[C@H]1CC(c2ccccc2)=NO1. The summed E-state index contributed by atoms with van der Waals surface area (Å²) in [6.45, 7) is 0.773. The Morgan fingerprint density at radius 1 is 1.14 bits per heavy atom. The lowest BCUT2D eigenvalue weighted by molar-refractivity contribution is -0.135. The van der Waals surface area contributed by atoms with Gasteiger partial charge in [-0.3, -0.25) is 9.59 Å². The van der Waals surface area contributed by atoms with Crippen LogP contribution in [0.4, 0.5) is 0 Å². The summed E-state index contributed by atoms with van der Waals surface area (Å²) in [5.74, 6) is -0.621. The number of hydrogen-bond donors (Lipinski definition) is 2. The van der Waals surface area contributed by atoms with E-state index in [0.717, 1.165) is 16.8 Å². The molecule has 2 aromatic carbocycles. The van der Waals surface area contributed by atoms with Gasteiger partial charge in [0.05, 0.1) is 12.3 Å². The summed E-state index contributed by atoms with van der Waals surface area (Å²) in [6.07, 6.45) is -0.0146. The number of rotatable bonds is 9. The Bertz CT molecular complexity index is 840. The lowest BCUT2D eigenvalue weighted by Gasteiger charge is -2.20. The van der Waals surface area contributed by atoms with E-state index in [0.29, 0.717) is 26.0 Å². The molecule has 3 rings (SSSR count). The van der Waals surface area contributed by atoms with E-state index in [4.69, 9.17) is 9.57 Å². The molecule has 0 unspecified atom stereocenters. The van der Waals surface area contributed by atoms with Crippen LogP contribution in [0.1, 0.15) is 17.5 Å². The fraction of sp³-hybridized carbons (Fsp3) is 0.318. The summed E-state index contributed by atoms with van der Waals surface area (Å²) in [7, 11) is 1.57. The van der Waals surface area contributed by atoms with E-state index in [2.05, 4.69) is 15.8 Å². The Labute approximate surface area is 170 Å². The molecule has 152 valence electrons. The van der Waals surface area contributed by atoms with Gasteiger partial charge in [-0.25, -0.2) is 0 Å². The highest BCUT2D eigenvalue weighted by Gasteiger charge is 2.32. The molecule has 7 nitrogen and oxygen atoms in total. The van der Waals surface area contributed by atoms with E-state index in [-0.39, 0.29) is 11.8 Å². The molecule has 29 heavy (non-hydrogen) atoms. The average molecular weight is 395 g/mol. The number of nitrogens with one attached hydrogen (secondary N) is 2. The van der Waals surface area contributed by atoms with Crippen LogP contribution in [0.15, 0.2) is 65.8 Å². The summed E-state index contributed by atoms with van der Waals surface area (Å²) >= 11 is 0. The predicted octanol–water partition coefficient (Wildman–Crippen LogP) is 1.67. The first-order chi connectivity index (χ1) is 14.2. The highest BCUT2D eigenvalue weighted by Crippen LogP contribution is 2.17. The zero-order valence-corrected chi connectivity index (χ0v) is 16.3. The van der Waals surface area contributed by atoms with Crippen molar-refractivity contribution in [1.82, 2.24) is 10.6 Å². The minimum absolute atomic E-state index is 0.263. The minimum Gasteiger partial charge on any atom is -0.383 e. The molecule has 0 saturated heterocycles. The van der Waals surface area contributed by atoms with Crippen molar-refractivity contribution < 1.29 is 19.2 Å². The summed E-state index contributed by atoms with van der Waals surface area (Å²) in [5, 5.41) is 9.65.